The average Bonchev–Trinajstić information content (AvgIpc) is 3.20. The predicted octanol–water partition coefficient (Wildman–Crippen LogP) is 2.92. The van der Waals surface area contributed by atoms with Gasteiger partial charge in [-0.1, -0.05) is 18.2 Å². The molecule has 0 saturated carbocycles. The van der Waals surface area contributed by atoms with Crippen LogP contribution in [0, 0.1) is 0 Å². The highest BCUT2D eigenvalue weighted by Crippen LogP contribution is 2.24. The molecule has 2 heterocycles. The maximum Gasteiger partial charge on any atom is 0.253 e. The van der Waals surface area contributed by atoms with Gasteiger partial charge < -0.3 is 19.4 Å². The summed E-state index contributed by atoms with van der Waals surface area (Å²) in [5.74, 6) is 0.127. The van der Waals surface area contributed by atoms with Gasteiger partial charge >= 0.3 is 0 Å². The lowest BCUT2D eigenvalue weighted by atomic mass is 10.1. The maximum atomic E-state index is 12.9. The summed E-state index contributed by atoms with van der Waals surface area (Å²) in [5.41, 5.74) is 3.79. The van der Waals surface area contributed by atoms with Crippen LogP contribution in [0.15, 0.2) is 48.5 Å². The number of morpholine rings is 1. The number of ether oxygens (including phenoxy) is 1. The van der Waals surface area contributed by atoms with Crippen LogP contribution >= 0.6 is 0 Å². The average molecular weight is 393 g/mol. The number of benzene rings is 2. The van der Waals surface area contributed by atoms with Gasteiger partial charge in [-0.2, -0.15) is 0 Å². The topological polar surface area (TPSA) is 53.1 Å². The molecule has 2 aromatic carbocycles. The molecule has 2 fully saturated rings. The van der Waals surface area contributed by atoms with E-state index in [2.05, 4.69) is 17.0 Å². The molecule has 6 heteroatoms. The molecule has 0 aromatic heterocycles. The highest BCUT2D eigenvalue weighted by Gasteiger charge is 2.22. The van der Waals surface area contributed by atoms with Gasteiger partial charge in [-0.25, -0.2) is 0 Å². The molecule has 2 saturated heterocycles. The van der Waals surface area contributed by atoms with Crippen molar-refractivity contribution < 1.29 is 14.3 Å². The summed E-state index contributed by atoms with van der Waals surface area (Å²) in [6.07, 6.45) is 1.50. The van der Waals surface area contributed by atoms with E-state index in [0.29, 0.717) is 18.5 Å². The van der Waals surface area contributed by atoms with Crippen LogP contribution in [0.25, 0.3) is 0 Å². The molecule has 0 N–H and O–H groups in total. The van der Waals surface area contributed by atoms with E-state index in [1.54, 1.807) is 9.80 Å². The van der Waals surface area contributed by atoms with E-state index in [4.69, 9.17) is 4.74 Å². The first-order valence-electron chi connectivity index (χ1n) is 10.2. The fraction of sp³-hybridized carbons (Fsp3) is 0.391. The Hall–Kier alpha value is -2.86. The lowest BCUT2D eigenvalue weighted by Gasteiger charge is -2.31. The Morgan fingerprint density at radius 1 is 1.03 bits per heavy atom. The second-order valence-corrected chi connectivity index (χ2v) is 7.59. The molecule has 0 radical (unpaired) electrons. The van der Waals surface area contributed by atoms with E-state index in [0.717, 1.165) is 50.5 Å². The lowest BCUT2D eigenvalue weighted by Crippen LogP contribution is -2.37. The van der Waals surface area contributed by atoms with E-state index < -0.39 is 0 Å². The molecule has 0 aliphatic carbocycles. The van der Waals surface area contributed by atoms with Gasteiger partial charge in [0.05, 0.1) is 13.2 Å². The fourth-order valence-electron chi connectivity index (χ4n) is 4.01. The van der Waals surface area contributed by atoms with E-state index >= 15 is 0 Å². The molecule has 152 valence electrons. The number of anilines is 2. The Bertz CT molecular complexity index is 875. The first-order chi connectivity index (χ1) is 14.1. The third-order valence-electron chi connectivity index (χ3n) is 5.60. The quantitative estimate of drug-likeness (QED) is 0.784. The number of para-hydroxylation sites is 1. The number of carbonyl (C=O) groups is 2. The molecular formula is C23H27N3O3. The Kier molecular flexibility index (Phi) is 5.81. The van der Waals surface area contributed by atoms with Crippen LogP contribution in [0.3, 0.4) is 0 Å². The second kappa shape index (κ2) is 8.66. The van der Waals surface area contributed by atoms with Crippen molar-refractivity contribution in [3.8, 4) is 0 Å². The van der Waals surface area contributed by atoms with Crippen molar-refractivity contribution in [2.75, 3.05) is 49.7 Å². The lowest BCUT2D eigenvalue weighted by molar-refractivity contribution is -0.117. The zero-order chi connectivity index (χ0) is 20.2. The standard InChI is InChI=1S/C23H27N3O3/c1-24(17-19-5-2-3-6-21(19)25-13-15-29-16-14-25)23(28)18-8-10-20(11-9-18)26-12-4-7-22(26)27/h2-3,5-6,8-11H,4,7,12-17H2,1H3. The van der Waals surface area contributed by atoms with Crippen LogP contribution in [0.2, 0.25) is 0 Å². The third kappa shape index (κ3) is 4.27. The van der Waals surface area contributed by atoms with Gasteiger partial charge in [0.15, 0.2) is 0 Å². The number of carbonyl (C=O) groups excluding carboxylic acids is 2. The number of amides is 2. The van der Waals surface area contributed by atoms with E-state index in [1.165, 1.54) is 5.69 Å². The van der Waals surface area contributed by atoms with Crippen molar-refractivity contribution in [3.05, 3.63) is 59.7 Å². The summed E-state index contributed by atoms with van der Waals surface area (Å²) in [6.45, 7) is 4.49. The normalized spacial score (nSPS) is 16.9. The van der Waals surface area contributed by atoms with Crippen LogP contribution < -0.4 is 9.80 Å². The van der Waals surface area contributed by atoms with Crippen LogP contribution in [-0.4, -0.2) is 56.6 Å². The molecular weight excluding hydrogens is 366 g/mol. The Morgan fingerprint density at radius 3 is 2.45 bits per heavy atom. The molecule has 0 spiro atoms. The van der Waals surface area contributed by atoms with Crippen molar-refractivity contribution in [2.24, 2.45) is 0 Å². The predicted molar refractivity (Wildman–Crippen MR) is 113 cm³/mol. The molecule has 2 aliphatic heterocycles. The first-order valence-corrected chi connectivity index (χ1v) is 10.2. The zero-order valence-electron chi connectivity index (χ0n) is 16.8. The zero-order valence-corrected chi connectivity index (χ0v) is 16.8. The maximum absolute atomic E-state index is 12.9. The summed E-state index contributed by atoms with van der Waals surface area (Å²) in [4.78, 5) is 30.7. The van der Waals surface area contributed by atoms with Gasteiger partial charge in [0.25, 0.3) is 5.91 Å². The third-order valence-corrected chi connectivity index (χ3v) is 5.60. The summed E-state index contributed by atoms with van der Waals surface area (Å²) in [7, 11) is 1.83. The van der Waals surface area contributed by atoms with Crippen LogP contribution in [0.5, 0.6) is 0 Å². The van der Waals surface area contributed by atoms with Gasteiger partial charge in [0.2, 0.25) is 5.91 Å². The number of rotatable bonds is 5. The first kappa shape index (κ1) is 19.5. The van der Waals surface area contributed by atoms with Crippen LogP contribution in [0.4, 0.5) is 11.4 Å². The molecule has 4 rings (SSSR count). The van der Waals surface area contributed by atoms with Crippen molar-refractivity contribution in [1.82, 2.24) is 4.90 Å². The molecule has 29 heavy (non-hydrogen) atoms. The largest absolute Gasteiger partial charge is 0.378 e. The molecule has 0 atom stereocenters. The summed E-state index contributed by atoms with van der Waals surface area (Å²) in [5, 5.41) is 0. The SMILES string of the molecule is CN(Cc1ccccc1N1CCOCC1)C(=O)c1ccc(N2CCCC2=O)cc1. The molecule has 6 nitrogen and oxygen atoms in total. The Balaban J connectivity index is 1.45. The van der Waals surface area contributed by atoms with Crippen molar-refractivity contribution in [1.29, 1.82) is 0 Å². The Labute approximate surface area is 171 Å². The molecule has 2 amide bonds. The minimum absolute atomic E-state index is 0.0268. The van der Waals surface area contributed by atoms with Gasteiger partial charge in [0, 0.05) is 56.6 Å². The van der Waals surface area contributed by atoms with Gasteiger partial charge in [-0.05, 0) is 42.3 Å². The van der Waals surface area contributed by atoms with E-state index in [9.17, 15) is 9.59 Å². The Morgan fingerprint density at radius 2 is 1.76 bits per heavy atom. The highest BCUT2D eigenvalue weighted by molar-refractivity contribution is 5.97. The van der Waals surface area contributed by atoms with Gasteiger partial charge in [-0.3, -0.25) is 9.59 Å². The summed E-state index contributed by atoms with van der Waals surface area (Å²) in [6, 6.07) is 15.6. The minimum atomic E-state index is -0.0268. The van der Waals surface area contributed by atoms with Crippen LogP contribution in [0.1, 0.15) is 28.8 Å². The number of hydrogen-bond acceptors (Lipinski definition) is 4. The van der Waals surface area contributed by atoms with Crippen LogP contribution in [-0.2, 0) is 16.1 Å². The smallest absolute Gasteiger partial charge is 0.253 e. The van der Waals surface area contributed by atoms with Crippen molar-refractivity contribution in [2.45, 2.75) is 19.4 Å². The van der Waals surface area contributed by atoms with E-state index in [-0.39, 0.29) is 11.8 Å². The number of nitrogens with zero attached hydrogens (tertiary/aromatic N) is 3. The molecule has 0 unspecified atom stereocenters. The number of hydrogen-bond donors (Lipinski definition) is 0. The van der Waals surface area contributed by atoms with Gasteiger partial charge in [0.1, 0.15) is 0 Å². The highest BCUT2D eigenvalue weighted by atomic mass is 16.5. The monoisotopic (exact) mass is 393 g/mol. The van der Waals surface area contributed by atoms with Crippen molar-refractivity contribution >= 4 is 23.2 Å². The molecule has 2 aliphatic rings. The van der Waals surface area contributed by atoms with Crippen molar-refractivity contribution in [3.63, 3.8) is 0 Å². The summed E-state index contributed by atoms with van der Waals surface area (Å²) < 4.78 is 5.46. The second-order valence-electron chi connectivity index (χ2n) is 7.59. The molecule has 0 bridgehead atoms. The molecule has 2 aromatic rings. The summed E-state index contributed by atoms with van der Waals surface area (Å²) >= 11 is 0. The van der Waals surface area contributed by atoms with Gasteiger partial charge in [-0.15, -0.1) is 0 Å². The fourth-order valence-corrected chi connectivity index (χ4v) is 4.01. The van der Waals surface area contributed by atoms with E-state index in [1.807, 2.05) is 43.4 Å². The minimum Gasteiger partial charge on any atom is -0.378 e.